The van der Waals surface area contributed by atoms with Crippen molar-refractivity contribution in [2.75, 3.05) is 0 Å². The molecule has 0 atom stereocenters. The molecule has 0 aromatic carbocycles. The Morgan fingerprint density at radius 1 is 0.857 bits per heavy atom. The van der Waals surface area contributed by atoms with Gasteiger partial charge in [-0.15, -0.1) is 10.2 Å². The molecule has 0 unspecified atom stereocenters. The van der Waals surface area contributed by atoms with Crippen LogP contribution in [0.4, 0.5) is 0 Å². The molecule has 0 aromatic rings. The van der Waals surface area contributed by atoms with Crippen molar-refractivity contribution in [3.63, 3.8) is 0 Å². The van der Waals surface area contributed by atoms with Crippen LogP contribution >= 0.6 is 0 Å². The van der Waals surface area contributed by atoms with Gasteiger partial charge in [-0.1, -0.05) is 0 Å². The summed E-state index contributed by atoms with van der Waals surface area (Å²) < 4.78 is 9.24. The van der Waals surface area contributed by atoms with Gasteiger partial charge in [0.15, 0.2) is 0 Å². The molecule has 6 nitrogen and oxygen atoms in total. The summed E-state index contributed by atoms with van der Waals surface area (Å²) >= 11 is 0. The second-order valence-electron chi connectivity index (χ2n) is 3.52. The highest BCUT2D eigenvalue weighted by molar-refractivity contribution is 5.38. The van der Waals surface area contributed by atoms with E-state index in [1.165, 1.54) is 0 Å². The molecule has 80 valence electrons. The summed E-state index contributed by atoms with van der Waals surface area (Å²) in [6.45, 7) is 6.80. The molecule has 0 N–H and O–H groups in total. The van der Waals surface area contributed by atoms with Gasteiger partial charge >= 0.3 is 0 Å². The number of azo groups is 1. The Morgan fingerprint density at radius 3 is 1.36 bits per heavy atom. The molecule has 0 saturated heterocycles. The van der Waals surface area contributed by atoms with Gasteiger partial charge in [0, 0.05) is 0 Å². The molecule has 0 saturated carbocycles. The summed E-state index contributed by atoms with van der Waals surface area (Å²) in [6.07, 6.45) is 0. The van der Waals surface area contributed by atoms with E-state index in [2.05, 4.69) is 19.7 Å². The number of nitrogens with zero attached hydrogens (tertiary/aromatic N) is 2. The standard InChI is InChI=1S/C8H14N2O4/c1-7(2,13-5-11)9-10-8(3,4)14-6-12/h5-6H,1-4H3. The predicted molar refractivity (Wildman–Crippen MR) is 47.3 cm³/mol. The molecule has 0 heterocycles. The molecule has 0 amide bonds. The number of hydrogen-bond donors (Lipinski definition) is 0. The van der Waals surface area contributed by atoms with Crippen molar-refractivity contribution in [3.8, 4) is 0 Å². The first-order valence-electron chi connectivity index (χ1n) is 4.00. The van der Waals surface area contributed by atoms with E-state index < -0.39 is 11.4 Å². The Hall–Kier alpha value is -1.46. The third-order valence-corrected chi connectivity index (χ3v) is 1.20. The minimum Gasteiger partial charge on any atom is -0.438 e. The molecule has 0 fully saturated rings. The van der Waals surface area contributed by atoms with Gasteiger partial charge in [-0.2, -0.15) is 0 Å². The Bertz CT molecular complexity index is 211. The monoisotopic (exact) mass is 202 g/mol. The van der Waals surface area contributed by atoms with Crippen molar-refractivity contribution in [2.24, 2.45) is 10.2 Å². The number of ether oxygens (including phenoxy) is 2. The first-order chi connectivity index (χ1) is 6.33. The van der Waals surface area contributed by atoms with E-state index in [4.69, 9.17) is 0 Å². The predicted octanol–water partition coefficient (Wildman–Crippen LogP) is 1.26. The van der Waals surface area contributed by atoms with E-state index in [-0.39, 0.29) is 12.9 Å². The highest BCUT2D eigenvalue weighted by Crippen LogP contribution is 2.16. The zero-order valence-corrected chi connectivity index (χ0v) is 8.68. The van der Waals surface area contributed by atoms with Gasteiger partial charge in [-0.25, -0.2) is 0 Å². The van der Waals surface area contributed by atoms with Crippen LogP contribution in [0.3, 0.4) is 0 Å². The van der Waals surface area contributed by atoms with Crippen LogP contribution in [0.2, 0.25) is 0 Å². The fourth-order valence-corrected chi connectivity index (χ4v) is 0.523. The third-order valence-electron chi connectivity index (χ3n) is 1.20. The van der Waals surface area contributed by atoms with Crippen molar-refractivity contribution < 1.29 is 19.1 Å². The van der Waals surface area contributed by atoms with Gasteiger partial charge in [0.25, 0.3) is 12.9 Å². The minimum absolute atomic E-state index is 0.284. The molecule has 14 heavy (non-hydrogen) atoms. The molecule has 0 spiro atoms. The maximum atomic E-state index is 10.1. The van der Waals surface area contributed by atoms with Crippen LogP contribution in [-0.2, 0) is 19.1 Å². The molecule has 0 radical (unpaired) electrons. The molecule has 0 aliphatic rings. The summed E-state index contributed by atoms with van der Waals surface area (Å²) in [5, 5.41) is 7.45. The molecule has 0 aliphatic carbocycles. The van der Waals surface area contributed by atoms with Crippen molar-refractivity contribution in [1.82, 2.24) is 0 Å². The van der Waals surface area contributed by atoms with Crippen molar-refractivity contribution in [3.05, 3.63) is 0 Å². The van der Waals surface area contributed by atoms with Gasteiger partial charge < -0.3 is 9.47 Å². The molecular formula is C8H14N2O4. The topological polar surface area (TPSA) is 77.3 Å². The van der Waals surface area contributed by atoms with Crippen LogP contribution < -0.4 is 0 Å². The van der Waals surface area contributed by atoms with E-state index in [1.807, 2.05) is 0 Å². The van der Waals surface area contributed by atoms with Crippen LogP contribution in [0.25, 0.3) is 0 Å². The van der Waals surface area contributed by atoms with Gasteiger partial charge in [0.05, 0.1) is 0 Å². The second kappa shape index (κ2) is 4.69. The van der Waals surface area contributed by atoms with Gasteiger partial charge in [0.1, 0.15) is 0 Å². The first kappa shape index (κ1) is 12.5. The molecule has 0 aromatic heterocycles. The number of rotatable bonds is 6. The maximum Gasteiger partial charge on any atom is 0.295 e. The summed E-state index contributed by atoms with van der Waals surface area (Å²) in [7, 11) is 0. The Balaban J connectivity index is 4.40. The van der Waals surface area contributed by atoms with Gasteiger partial charge in [0.2, 0.25) is 11.4 Å². The lowest BCUT2D eigenvalue weighted by Gasteiger charge is -2.20. The SMILES string of the molecule is CC(C)(N=NC(C)(C)OC=O)OC=O. The van der Waals surface area contributed by atoms with E-state index in [9.17, 15) is 9.59 Å². The zero-order chi connectivity index (χ0) is 11.2. The Labute approximate surface area is 82.3 Å². The lowest BCUT2D eigenvalue weighted by atomic mass is 10.3. The average molecular weight is 202 g/mol. The molecule has 6 heteroatoms. The minimum atomic E-state index is -1.05. The smallest absolute Gasteiger partial charge is 0.295 e. The highest BCUT2D eigenvalue weighted by atomic mass is 16.6. The van der Waals surface area contributed by atoms with E-state index in [0.29, 0.717) is 0 Å². The van der Waals surface area contributed by atoms with Crippen molar-refractivity contribution in [1.29, 1.82) is 0 Å². The van der Waals surface area contributed by atoms with Crippen molar-refractivity contribution >= 4 is 12.9 Å². The van der Waals surface area contributed by atoms with Crippen molar-refractivity contribution in [2.45, 2.75) is 39.1 Å². The van der Waals surface area contributed by atoms with Crippen LogP contribution in [0.5, 0.6) is 0 Å². The van der Waals surface area contributed by atoms with Gasteiger partial charge in [-0.3, -0.25) is 9.59 Å². The molecule has 0 bridgehead atoms. The lowest BCUT2D eigenvalue weighted by molar-refractivity contribution is -0.144. The van der Waals surface area contributed by atoms with Crippen LogP contribution in [0.15, 0.2) is 10.2 Å². The fourth-order valence-electron chi connectivity index (χ4n) is 0.523. The normalized spacial score (nSPS) is 12.6. The molecule has 0 rings (SSSR count). The average Bonchev–Trinajstić information content (AvgIpc) is 2.01. The van der Waals surface area contributed by atoms with Crippen LogP contribution in [0.1, 0.15) is 27.7 Å². The van der Waals surface area contributed by atoms with Gasteiger partial charge in [-0.05, 0) is 27.7 Å². The lowest BCUT2D eigenvalue weighted by Crippen LogP contribution is -2.25. The number of carbonyl (C=O) groups is 2. The fraction of sp³-hybridized carbons (Fsp3) is 0.750. The van der Waals surface area contributed by atoms with E-state index in [0.717, 1.165) is 0 Å². The summed E-state index contributed by atoms with van der Waals surface area (Å²) in [5.41, 5.74) is -2.10. The van der Waals surface area contributed by atoms with E-state index in [1.54, 1.807) is 27.7 Å². The maximum absolute atomic E-state index is 10.1. The second-order valence-corrected chi connectivity index (χ2v) is 3.52. The van der Waals surface area contributed by atoms with E-state index >= 15 is 0 Å². The van der Waals surface area contributed by atoms with Crippen LogP contribution in [-0.4, -0.2) is 24.4 Å². The molecule has 0 aliphatic heterocycles. The summed E-state index contributed by atoms with van der Waals surface area (Å²) in [6, 6.07) is 0. The first-order valence-corrected chi connectivity index (χ1v) is 4.00. The highest BCUT2D eigenvalue weighted by Gasteiger charge is 2.22. The Kier molecular flexibility index (Phi) is 4.20. The summed E-state index contributed by atoms with van der Waals surface area (Å²) in [5.74, 6) is 0. The third kappa shape index (κ3) is 5.23. The quantitative estimate of drug-likeness (QED) is 0.479. The summed E-state index contributed by atoms with van der Waals surface area (Å²) in [4.78, 5) is 20.1. The number of carbonyl (C=O) groups excluding carboxylic acids is 2. The largest absolute Gasteiger partial charge is 0.438 e. The molecular weight excluding hydrogens is 188 g/mol. The van der Waals surface area contributed by atoms with Crippen LogP contribution in [0, 0.1) is 0 Å². The zero-order valence-electron chi connectivity index (χ0n) is 8.68. The Morgan fingerprint density at radius 2 is 1.14 bits per heavy atom. The number of hydrogen-bond acceptors (Lipinski definition) is 6.